The van der Waals surface area contributed by atoms with Crippen molar-refractivity contribution in [2.24, 2.45) is 0 Å². The number of aromatic nitrogens is 2. The smallest absolute Gasteiger partial charge is 0.263 e. The average Bonchev–Trinajstić information content (AvgIpc) is 3.06. The van der Waals surface area contributed by atoms with E-state index in [-0.39, 0.29) is 22.8 Å². The molecular weight excluding hydrogens is 442 g/mol. The lowest BCUT2D eigenvalue weighted by atomic mass is 10.1. The van der Waals surface area contributed by atoms with Crippen molar-refractivity contribution in [1.82, 2.24) is 14.9 Å². The predicted molar refractivity (Wildman–Crippen MR) is 133 cm³/mol. The van der Waals surface area contributed by atoms with Crippen LogP contribution in [0.25, 0.3) is 10.2 Å². The van der Waals surface area contributed by atoms with Crippen LogP contribution in [0.3, 0.4) is 0 Å². The number of fused-ring (bicyclic) bond motifs is 1. The van der Waals surface area contributed by atoms with Crippen LogP contribution in [0, 0.1) is 13.8 Å². The van der Waals surface area contributed by atoms with E-state index in [2.05, 4.69) is 17.4 Å². The Labute approximate surface area is 197 Å². The first kappa shape index (κ1) is 24.5. The molecule has 6 nitrogen and oxygen atoms in total. The van der Waals surface area contributed by atoms with Gasteiger partial charge in [0.05, 0.1) is 23.8 Å². The fourth-order valence-corrected chi connectivity index (χ4v) is 5.46. The first-order valence-corrected chi connectivity index (χ1v) is 12.5. The maximum Gasteiger partial charge on any atom is 0.263 e. The second-order valence-corrected chi connectivity index (χ2v) is 10.5. The van der Waals surface area contributed by atoms with Gasteiger partial charge in [0.2, 0.25) is 5.91 Å². The molecular formula is C24H31N3O3S2. The quantitative estimate of drug-likeness (QED) is 0.350. The van der Waals surface area contributed by atoms with E-state index >= 15 is 0 Å². The third-order valence-electron chi connectivity index (χ3n) is 5.52. The Kier molecular flexibility index (Phi) is 8.51. The molecule has 0 fully saturated rings. The van der Waals surface area contributed by atoms with Gasteiger partial charge < -0.3 is 10.1 Å². The zero-order valence-corrected chi connectivity index (χ0v) is 20.9. The number of hydrogen-bond donors (Lipinski definition) is 1. The minimum atomic E-state index is -0.380. The Hall–Kier alpha value is -2.16. The number of carbonyl (C=O) groups is 1. The molecule has 0 aliphatic rings. The second-order valence-electron chi connectivity index (χ2n) is 8.00. The Morgan fingerprint density at radius 2 is 1.97 bits per heavy atom. The highest BCUT2D eigenvalue weighted by atomic mass is 32.2. The fourth-order valence-electron chi connectivity index (χ4n) is 3.45. The van der Waals surface area contributed by atoms with Gasteiger partial charge in [0.25, 0.3) is 5.56 Å². The number of nitrogens with zero attached hydrogens (tertiary/aromatic N) is 2. The van der Waals surface area contributed by atoms with Gasteiger partial charge in [-0.05, 0) is 51.7 Å². The minimum absolute atomic E-state index is 0.0539. The maximum absolute atomic E-state index is 13.2. The number of amides is 1. The van der Waals surface area contributed by atoms with Crippen LogP contribution in [-0.4, -0.2) is 40.5 Å². The summed E-state index contributed by atoms with van der Waals surface area (Å²) in [7, 11) is 1.61. The standard InChI is InChI=1S/C24H31N3O3S2/c1-15(11-12-19-9-7-6-8-10-19)25-21(28)18(4)32-24-26-22-20(16(2)17(3)31-22)23(29)27(24)13-14-30-5/h6-10,15,18H,11-14H2,1-5H3,(H,25,28)/t15-,18-/m1/s1. The van der Waals surface area contributed by atoms with Crippen molar-refractivity contribution in [2.75, 3.05) is 13.7 Å². The molecule has 0 bridgehead atoms. The van der Waals surface area contributed by atoms with Crippen molar-refractivity contribution < 1.29 is 9.53 Å². The summed E-state index contributed by atoms with van der Waals surface area (Å²) in [5.74, 6) is -0.0539. The summed E-state index contributed by atoms with van der Waals surface area (Å²) in [6, 6.07) is 10.3. The molecule has 1 aromatic carbocycles. The van der Waals surface area contributed by atoms with E-state index in [1.54, 1.807) is 11.7 Å². The number of thioether (sulfide) groups is 1. The molecule has 0 spiro atoms. The van der Waals surface area contributed by atoms with Crippen LogP contribution in [0.2, 0.25) is 0 Å². The number of carbonyl (C=O) groups excluding carboxylic acids is 1. The van der Waals surface area contributed by atoms with E-state index in [1.165, 1.54) is 28.7 Å². The van der Waals surface area contributed by atoms with Gasteiger partial charge in [-0.2, -0.15) is 0 Å². The fraction of sp³-hybridized carbons (Fsp3) is 0.458. The molecule has 32 heavy (non-hydrogen) atoms. The number of aryl methyl sites for hydroxylation is 3. The first-order chi connectivity index (χ1) is 15.3. The molecule has 8 heteroatoms. The van der Waals surface area contributed by atoms with Crippen molar-refractivity contribution in [3.63, 3.8) is 0 Å². The third kappa shape index (κ3) is 5.79. The summed E-state index contributed by atoms with van der Waals surface area (Å²) >= 11 is 2.84. The molecule has 2 heterocycles. The molecule has 0 aliphatic carbocycles. The normalized spacial score (nSPS) is 13.3. The Morgan fingerprint density at radius 1 is 1.25 bits per heavy atom. The third-order valence-corrected chi connectivity index (χ3v) is 7.71. The number of benzene rings is 1. The molecule has 172 valence electrons. The highest BCUT2D eigenvalue weighted by Crippen LogP contribution is 2.29. The summed E-state index contributed by atoms with van der Waals surface area (Å²) in [6.07, 6.45) is 1.78. The van der Waals surface area contributed by atoms with Crippen molar-refractivity contribution >= 4 is 39.2 Å². The largest absolute Gasteiger partial charge is 0.383 e. The van der Waals surface area contributed by atoms with Gasteiger partial charge in [-0.1, -0.05) is 42.1 Å². The molecule has 2 atom stereocenters. The number of ether oxygens (including phenoxy) is 1. The van der Waals surface area contributed by atoms with Crippen LogP contribution in [0.5, 0.6) is 0 Å². The molecule has 0 unspecified atom stereocenters. The van der Waals surface area contributed by atoms with Gasteiger partial charge in [0.1, 0.15) is 4.83 Å². The molecule has 3 aromatic rings. The van der Waals surface area contributed by atoms with Crippen molar-refractivity contribution in [2.45, 2.75) is 63.5 Å². The molecule has 0 aliphatic heterocycles. The number of nitrogens with one attached hydrogen (secondary N) is 1. The molecule has 2 aromatic heterocycles. The van der Waals surface area contributed by atoms with Gasteiger partial charge in [-0.3, -0.25) is 14.2 Å². The number of hydrogen-bond acceptors (Lipinski definition) is 6. The molecule has 0 saturated carbocycles. The topological polar surface area (TPSA) is 73.2 Å². The van der Waals surface area contributed by atoms with Crippen molar-refractivity contribution in [3.05, 3.63) is 56.7 Å². The van der Waals surface area contributed by atoms with Crippen LogP contribution < -0.4 is 10.9 Å². The first-order valence-electron chi connectivity index (χ1n) is 10.8. The van der Waals surface area contributed by atoms with Crippen LogP contribution in [-0.2, 0) is 22.5 Å². The van der Waals surface area contributed by atoms with Gasteiger partial charge >= 0.3 is 0 Å². The minimum Gasteiger partial charge on any atom is -0.383 e. The van der Waals surface area contributed by atoms with Crippen molar-refractivity contribution in [1.29, 1.82) is 0 Å². The number of methoxy groups -OCH3 is 1. The Bertz CT molecular complexity index is 1120. The summed E-state index contributed by atoms with van der Waals surface area (Å²) < 4.78 is 6.84. The van der Waals surface area contributed by atoms with E-state index in [9.17, 15) is 9.59 Å². The van der Waals surface area contributed by atoms with E-state index in [4.69, 9.17) is 9.72 Å². The monoisotopic (exact) mass is 473 g/mol. The zero-order valence-electron chi connectivity index (χ0n) is 19.3. The summed E-state index contributed by atoms with van der Waals surface area (Å²) in [4.78, 5) is 32.6. The lowest BCUT2D eigenvalue weighted by Gasteiger charge is -2.18. The van der Waals surface area contributed by atoms with Crippen LogP contribution in [0.1, 0.15) is 36.3 Å². The SMILES string of the molecule is COCCn1c(S[C@H](C)C(=O)N[C@H](C)CCc2ccccc2)nc2sc(C)c(C)c2c1=O. The van der Waals surface area contributed by atoms with E-state index < -0.39 is 0 Å². The summed E-state index contributed by atoms with van der Waals surface area (Å²) in [5.41, 5.74) is 2.17. The second kappa shape index (κ2) is 11.1. The zero-order chi connectivity index (χ0) is 23.3. The van der Waals surface area contributed by atoms with Crippen molar-refractivity contribution in [3.8, 4) is 0 Å². The molecule has 1 amide bonds. The van der Waals surface area contributed by atoms with E-state index in [1.807, 2.05) is 45.9 Å². The number of thiophene rings is 1. The van der Waals surface area contributed by atoms with Crippen LogP contribution in [0.15, 0.2) is 40.3 Å². The Morgan fingerprint density at radius 3 is 2.66 bits per heavy atom. The van der Waals surface area contributed by atoms with E-state index in [0.717, 1.165) is 28.1 Å². The number of rotatable bonds is 10. The average molecular weight is 474 g/mol. The van der Waals surface area contributed by atoms with Gasteiger partial charge in [-0.25, -0.2) is 4.98 Å². The molecule has 3 rings (SSSR count). The van der Waals surface area contributed by atoms with Crippen LogP contribution >= 0.6 is 23.1 Å². The maximum atomic E-state index is 13.2. The highest BCUT2D eigenvalue weighted by molar-refractivity contribution is 8.00. The molecule has 0 saturated heterocycles. The highest BCUT2D eigenvalue weighted by Gasteiger charge is 2.22. The van der Waals surface area contributed by atoms with E-state index in [0.29, 0.717) is 23.7 Å². The van der Waals surface area contributed by atoms with Gasteiger partial charge in [0.15, 0.2) is 5.16 Å². The molecule has 0 radical (unpaired) electrons. The van der Waals surface area contributed by atoms with Gasteiger partial charge in [-0.15, -0.1) is 11.3 Å². The van der Waals surface area contributed by atoms with Crippen LogP contribution in [0.4, 0.5) is 0 Å². The summed E-state index contributed by atoms with van der Waals surface area (Å²) in [6.45, 7) is 8.63. The lowest BCUT2D eigenvalue weighted by molar-refractivity contribution is -0.120. The lowest BCUT2D eigenvalue weighted by Crippen LogP contribution is -2.38. The predicted octanol–water partition coefficient (Wildman–Crippen LogP) is 4.34. The summed E-state index contributed by atoms with van der Waals surface area (Å²) in [5, 5.41) is 3.94. The van der Waals surface area contributed by atoms with Gasteiger partial charge in [0, 0.05) is 18.0 Å². The molecule has 1 N–H and O–H groups in total. The Balaban J connectivity index is 1.72.